The number of carbonyl (C=O) groups is 1. The van der Waals surface area contributed by atoms with Crippen LogP contribution in [0.3, 0.4) is 0 Å². The quantitative estimate of drug-likeness (QED) is 0.856. The van der Waals surface area contributed by atoms with Crippen molar-refractivity contribution >= 4 is 27.5 Å². The molecule has 4 nitrogen and oxygen atoms in total. The predicted molar refractivity (Wildman–Crippen MR) is 64.1 cm³/mol. The number of nitrogens with one attached hydrogen (secondary N) is 1. The molecule has 0 saturated carbocycles. The lowest BCUT2D eigenvalue weighted by atomic mass is 10.1. The highest BCUT2D eigenvalue weighted by atomic mass is 79.9. The molecule has 0 saturated heterocycles. The Morgan fingerprint density at radius 1 is 1.67 bits per heavy atom. The molecule has 1 N–H and O–H groups in total. The highest BCUT2D eigenvalue weighted by Gasteiger charge is 2.18. The fourth-order valence-electron chi connectivity index (χ4n) is 1.12. The summed E-state index contributed by atoms with van der Waals surface area (Å²) in [6.45, 7) is 6.79. The van der Waals surface area contributed by atoms with Crippen LogP contribution in [0.5, 0.6) is 0 Å². The highest BCUT2D eigenvalue weighted by molar-refractivity contribution is 9.10. The molecule has 84 valence electrons. The van der Waals surface area contributed by atoms with Gasteiger partial charge in [0, 0.05) is 12.7 Å². The van der Waals surface area contributed by atoms with E-state index in [0.29, 0.717) is 0 Å². The molecule has 0 bridgehead atoms. The van der Waals surface area contributed by atoms with Crippen LogP contribution in [0.25, 0.3) is 0 Å². The number of alkyl halides is 1. The molecule has 1 amide bonds. The predicted octanol–water partition coefficient (Wildman–Crippen LogP) is 2.26. The van der Waals surface area contributed by atoms with Crippen LogP contribution in [0, 0.1) is 5.92 Å². The lowest BCUT2D eigenvalue weighted by Gasteiger charge is -2.12. The van der Waals surface area contributed by atoms with Crippen LogP contribution < -0.4 is 5.32 Å². The smallest absolute Gasteiger partial charge is 0.238 e. The highest BCUT2D eigenvalue weighted by Crippen LogP contribution is 2.15. The fourth-order valence-corrected chi connectivity index (χ4v) is 1.23. The molecule has 0 fully saturated rings. The number of anilines is 1. The third kappa shape index (κ3) is 3.34. The van der Waals surface area contributed by atoms with E-state index in [9.17, 15) is 4.79 Å². The number of hydrogen-bond donors (Lipinski definition) is 1. The second kappa shape index (κ2) is 5.30. The van der Waals surface area contributed by atoms with E-state index in [4.69, 9.17) is 0 Å². The Morgan fingerprint density at radius 3 is 2.80 bits per heavy atom. The van der Waals surface area contributed by atoms with Crippen molar-refractivity contribution in [1.29, 1.82) is 0 Å². The number of amides is 1. The third-order valence-electron chi connectivity index (χ3n) is 2.06. The van der Waals surface area contributed by atoms with Crippen molar-refractivity contribution in [3.63, 3.8) is 0 Å². The van der Waals surface area contributed by atoms with E-state index in [1.54, 1.807) is 10.9 Å². The van der Waals surface area contributed by atoms with Crippen molar-refractivity contribution < 1.29 is 4.79 Å². The van der Waals surface area contributed by atoms with E-state index in [1.165, 1.54) is 0 Å². The van der Waals surface area contributed by atoms with Gasteiger partial charge in [-0.1, -0.05) is 29.8 Å². The Bertz CT molecular complexity index is 335. The monoisotopic (exact) mass is 273 g/mol. The van der Waals surface area contributed by atoms with Crippen molar-refractivity contribution in [3.8, 4) is 0 Å². The number of halogens is 1. The molecule has 0 aliphatic heterocycles. The maximum absolute atomic E-state index is 11.7. The van der Waals surface area contributed by atoms with Crippen molar-refractivity contribution in [2.45, 2.75) is 32.1 Å². The van der Waals surface area contributed by atoms with Crippen LogP contribution in [0.2, 0.25) is 0 Å². The van der Waals surface area contributed by atoms with Crippen LogP contribution >= 0.6 is 15.9 Å². The Hall–Kier alpha value is -0.840. The molecular weight excluding hydrogens is 258 g/mol. The summed E-state index contributed by atoms with van der Waals surface area (Å²) in [7, 11) is 0. The van der Waals surface area contributed by atoms with Crippen molar-refractivity contribution in [2.24, 2.45) is 5.92 Å². The maximum atomic E-state index is 11.7. The van der Waals surface area contributed by atoms with E-state index < -0.39 is 0 Å². The molecule has 5 heteroatoms. The zero-order chi connectivity index (χ0) is 11.4. The molecule has 0 spiro atoms. The second-order valence-electron chi connectivity index (χ2n) is 3.72. The van der Waals surface area contributed by atoms with Gasteiger partial charge in [-0.25, -0.2) is 0 Å². The summed E-state index contributed by atoms with van der Waals surface area (Å²) in [5.74, 6) is 0.242. The van der Waals surface area contributed by atoms with Gasteiger partial charge in [-0.3, -0.25) is 9.48 Å². The first kappa shape index (κ1) is 12.2. The summed E-state index contributed by atoms with van der Waals surface area (Å²) >= 11 is 3.35. The molecule has 1 aromatic rings. The van der Waals surface area contributed by atoms with Gasteiger partial charge in [0.25, 0.3) is 0 Å². The number of carbonyl (C=O) groups excluding carboxylic acids is 1. The average Bonchev–Trinajstić information content (AvgIpc) is 2.64. The van der Waals surface area contributed by atoms with Gasteiger partial charge in [-0.05, 0) is 12.8 Å². The van der Waals surface area contributed by atoms with Gasteiger partial charge in [-0.2, -0.15) is 5.10 Å². The summed E-state index contributed by atoms with van der Waals surface area (Å²) in [5, 5.41) is 6.89. The summed E-state index contributed by atoms with van der Waals surface area (Å²) in [6.07, 6.45) is 3.47. The Balaban J connectivity index is 2.58. The Labute approximate surface area is 98.2 Å². The molecule has 0 aromatic carbocycles. The lowest BCUT2D eigenvalue weighted by Crippen LogP contribution is -2.26. The van der Waals surface area contributed by atoms with E-state index in [1.807, 2.05) is 27.0 Å². The fraction of sp³-hybridized carbons (Fsp3) is 0.600. The van der Waals surface area contributed by atoms with Gasteiger partial charge in [0.2, 0.25) is 5.91 Å². The number of nitrogens with zero attached hydrogens (tertiary/aromatic N) is 2. The maximum Gasteiger partial charge on any atom is 0.238 e. The number of hydrogen-bond acceptors (Lipinski definition) is 2. The topological polar surface area (TPSA) is 46.9 Å². The molecule has 1 heterocycles. The van der Waals surface area contributed by atoms with Gasteiger partial charge in [0.1, 0.15) is 0 Å². The van der Waals surface area contributed by atoms with E-state index in [0.717, 1.165) is 12.2 Å². The molecule has 1 rings (SSSR count). The zero-order valence-corrected chi connectivity index (χ0v) is 10.8. The van der Waals surface area contributed by atoms with E-state index in [2.05, 4.69) is 26.3 Å². The molecule has 0 radical (unpaired) electrons. The first-order valence-electron chi connectivity index (χ1n) is 5.02. The van der Waals surface area contributed by atoms with Crippen LogP contribution in [0.15, 0.2) is 12.4 Å². The van der Waals surface area contributed by atoms with Gasteiger partial charge in [-0.15, -0.1) is 0 Å². The molecule has 15 heavy (non-hydrogen) atoms. The largest absolute Gasteiger partial charge is 0.322 e. The second-order valence-corrected chi connectivity index (χ2v) is 4.71. The number of rotatable bonds is 4. The molecule has 1 atom stereocenters. The molecule has 0 aliphatic carbocycles. The third-order valence-corrected chi connectivity index (χ3v) is 3.53. The zero-order valence-electron chi connectivity index (χ0n) is 9.20. The van der Waals surface area contributed by atoms with Crippen LogP contribution in [-0.2, 0) is 11.3 Å². The summed E-state index contributed by atoms with van der Waals surface area (Å²) in [6, 6.07) is 0. The van der Waals surface area contributed by atoms with Crippen molar-refractivity contribution in [1.82, 2.24) is 9.78 Å². The van der Waals surface area contributed by atoms with Crippen LogP contribution in [-0.4, -0.2) is 20.5 Å². The molecule has 1 unspecified atom stereocenters. The number of aryl methyl sites for hydroxylation is 1. The van der Waals surface area contributed by atoms with Gasteiger partial charge < -0.3 is 5.32 Å². The van der Waals surface area contributed by atoms with Crippen LogP contribution in [0.1, 0.15) is 20.8 Å². The van der Waals surface area contributed by atoms with Gasteiger partial charge in [0.05, 0.1) is 16.7 Å². The summed E-state index contributed by atoms with van der Waals surface area (Å²) in [4.78, 5) is 11.5. The van der Waals surface area contributed by atoms with E-state index >= 15 is 0 Å². The molecular formula is C10H16BrN3O. The normalized spacial score (nSPS) is 12.9. The first-order chi connectivity index (χ1) is 7.04. The molecule has 1 aromatic heterocycles. The minimum atomic E-state index is -0.164. The first-order valence-corrected chi connectivity index (χ1v) is 5.93. The summed E-state index contributed by atoms with van der Waals surface area (Å²) < 4.78 is 1.77. The van der Waals surface area contributed by atoms with E-state index in [-0.39, 0.29) is 16.7 Å². The Kier molecular flexibility index (Phi) is 4.32. The lowest BCUT2D eigenvalue weighted by molar-refractivity contribution is -0.116. The molecule has 0 aliphatic rings. The minimum Gasteiger partial charge on any atom is -0.322 e. The van der Waals surface area contributed by atoms with Gasteiger partial charge in [0.15, 0.2) is 0 Å². The Morgan fingerprint density at radius 2 is 2.33 bits per heavy atom. The summed E-state index contributed by atoms with van der Waals surface area (Å²) in [5.41, 5.74) is 0.743. The standard InChI is InChI=1S/C10H16BrN3O/c1-4-14-6-8(5-12-14)13-10(15)9(11)7(2)3/h5-7,9H,4H2,1-3H3,(H,13,15). The van der Waals surface area contributed by atoms with Crippen molar-refractivity contribution in [3.05, 3.63) is 12.4 Å². The van der Waals surface area contributed by atoms with Gasteiger partial charge >= 0.3 is 0 Å². The average molecular weight is 274 g/mol. The number of aromatic nitrogens is 2. The minimum absolute atomic E-state index is 0.0272. The van der Waals surface area contributed by atoms with Crippen molar-refractivity contribution in [2.75, 3.05) is 5.32 Å². The SMILES string of the molecule is CCn1cc(NC(=O)C(Br)C(C)C)cn1. The van der Waals surface area contributed by atoms with Crippen LogP contribution in [0.4, 0.5) is 5.69 Å².